The number of aromatic nitrogens is 1. The Kier molecular flexibility index (Phi) is 13.2. The monoisotopic (exact) mass is 574 g/mol. The number of rotatable bonds is 17. The van der Waals surface area contributed by atoms with Crippen LogP contribution in [0.5, 0.6) is 0 Å². The summed E-state index contributed by atoms with van der Waals surface area (Å²) in [7, 11) is -3.86. The van der Waals surface area contributed by atoms with Crippen molar-refractivity contribution in [2.24, 2.45) is 0 Å². The average Bonchev–Trinajstić information content (AvgIpc) is 3.49. The zero-order valence-electron chi connectivity index (χ0n) is 22.2. The number of hydrogen-bond acceptors (Lipinski definition) is 10. The Labute approximate surface area is 227 Å². The van der Waals surface area contributed by atoms with Crippen LogP contribution < -0.4 is 21.4 Å². The lowest BCUT2D eigenvalue weighted by Gasteiger charge is -2.27. The maximum Gasteiger partial charge on any atom is 0.323 e. The second-order valence-electron chi connectivity index (χ2n) is 8.23. The first-order valence-corrected chi connectivity index (χ1v) is 16.2. The summed E-state index contributed by atoms with van der Waals surface area (Å²) in [6.45, 7) is 9.72. The van der Waals surface area contributed by atoms with Gasteiger partial charge in [0.15, 0.2) is 16.4 Å². The summed E-state index contributed by atoms with van der Waals surface area (Å²) in [6, 6.07) is 1.51. The first-order chi connectivity index (χ1) is 17.7. The molecule has 0 spiro atoms. The van der Waals surface area contributed by atoms with Crippen molar-refractivity contribution >= 4 is 53.1 Å². The summed E-state index contributed by atoms with van der Waals surface area (Å²) >= 11 is 2.99. The molecule has 0 aromatic carbocycles. The van der Waals surface area contributed by atoms with Gasteiger partial charge in [-0.25, -0.2) is 15.2 Å². The van der Waals surface area contributed by atoms with Crippen LogP contribution in [0, 0.1) is 0 Å². The minimum Gasteiger partial charge on any atom is -0.465 e. The number of hydrogen-bond donors (Lipinski definition) is 3. The molecule has 2 atom stereocenters. The minimum atomic E-state index is -3.86. The molecule has 0 unspecified atom stereocenters. The van der Waals surface area contributed by atoms with Crippen LogP contribution in [0.2, 0.25) is 0 Å². The number of furan rings is 1. The maximum absolute atomic E-state index is 14.5. The first kappa shape index (κ1) is 31.4. The van der Waals surface area contributed by atoms with E-state index in [2.05, 4.69) is 22.1 Å². The van der Waals surface area contributed by atoms with Crippen molar-refractivity contribution in [3.05, 3.63) is 12.1 Å². The van der Waals surface area contributed by atoms with Gasteiger partial charge in [-0.1, -0.05) is 44.9 Å². The summed E-state index contributed by atoms with van der Waals surface area (Å²) in [5.74, 6) is 0.246. The fourth-order valence-electron chi connectivity index (χ4n) is 3.53. The zero-order valence-corrected chi connectivity index (χ0v) is 24.7. The Balaban J connectivity index is 2.51. The van der Waals surface area contributed by atoms with Crippen LogP contribution in [-0.2, 0) is 23.6 Å². The third-order valence-electron chi connectivity index (χ3n) is 5.16. The smallest absolute Gasteiger partial charge is 0.323 e. The van der Waals surface area contributed by atoms with E-state index in [0.29, 0.717) is 42.3 Å². The van der Waals surface area contributed by atoms with Crippen molar-refractivity contribution in [3.63, 3.8) is 0 Å². The molecule has 2 heterocycles. The van der Waals surface area contributed by atoms with Crippen molar-refractivity contribution in [2.45, 2.75) is 83.0 Å². The molecule has 4 N–H and O–H groups in total. The largest absolute Gasteiger partial charge is 0.465 e. The van der Waals surface area contributed by atoms with Gasteiger partial charge in [0.05, 0.1) is 17.4 Å². The molecule has 37 heavy (non-hydrogen) atoms. The van der Waals surface area contributed by atoms with Crippen LogP contribution >= 0.6 is 30.5 Å². The van der Waals surface area contributed by atoms with Gasteiger partial charge in [-0.15, -0.1) is 11.8 Å². The topological polar surface area (TPSA) is 146 Å². The Hall–Kier alpha value is -1.85. The Bertz CT molecular complexity index is 1030. The van der Waals surface area contributed by atoms with E-state index < -0.39 is 31.5 Å². The van der Waals surface area contributed by atoms with Gasteiger partial charge in [-0.3, -0.25) is 14.2 Å². The highest BCUT2D eigenvalue weighted by Gasteiger charge is 2.38. The molecule has 2 aromatic rings. The average molecular weight is 575 g/mol. The number of nitrogens with two attached hydrogens (primary N) is 1. The van der Waals surface area contributed by atoms with Gasteiger partial charge in [-0.2, -0.15) is 0 Å². The van der Waals surface area contributed by atoms with Crippen molar-refractivity contribution in [2.75, 3.05) is 24.7 Å². The molecule has 0 bridgehead atoms. The normalized spacial score (nSPS) is 13.3. The number of anilines is 1. The third kappa shape index (κ3) is 8.85. The van der Waals surface area contributed by atoms with Crippen LogP contribution in [0.3, 0.4) is 0 Å². The van der Waals surface area contributed by atoms with Crippen molar-refractivity contribution < 1.29 is 28.0 Å². The molecular formula is C24H39N4O6PS2. The molecule has 0 saturated carbocycles. The van der Waals surface area contributed by atoms with Crippen LogP contribution in [-0.4, -0.2) is 48.0 Å². The van der Waals surface area contributed by atoms with E-state index >= 15 is 0 Å². The molecule has 0 fully saturated rings. The second kappa shape index (κ2) is 15.5. The minimum absolute atomic E-state index is 0.0660. The quantitative estimate of drug-likeness (QED) is 0.134. The molecule has 0 radical (unpaired) electrons. The predicted octanol–water partition coefficient (Wildman–Crippen LogP) is 4.95. The lowest BCUT2D eigenvalue weighted by Crippen LogP contribution is -2.46. The predicted molar refractivity (Wildman–Crippen MR) is 149 cm³/mol. The summed E-state index contributed by atoms with van der Waals surface area (Å²) in [6.07, 6.45) is 3.04. The van der Waals surface area contributed by atoms with Gasteiger partial charge >= 0.3 is 11.9 Å². The molecule has 208 valence electrons. The highest BCUT2D eigenvalue weighted by Crippen LogP contribution is 2.42. The zero-order chi connectivity index (χ0) is 27.4. The fraction of sp³-hybridized carbons (Fsp3) is 0.625. The van der Waals surface area contributed by atoms with E-state index in [0.717, 1.165) is 16.4 Å². The van der Waals surface area contributed by atoms with Gasteiger partial charge in [0.1, 0.15) is 17.8 Å². The van der Waals surface area contributed by atoms with Crippen molar-refractivity contribution in [1.29, 1.82) is 0 Å². The van der Waals surface area contributed by atoms with E-state index in [1.807, 2.05) is 13.8 Å². The number of thioether (sulfide) groups is 1. The van der Waals surface area contributed by atoms with E-state index in [4.69, 9.17) is 19.6 Å². The summed E-state index contributed by atoms with van der Waals surface area (Å²) in [5.41, 5.74) is 6.61. The number of esters is 2. The van der Waals surface area contributed by atoms with E-state index in [1.165, 1.54) is 11.3 Å². The lowest BCUT2D eigenvalue weighted by atomic mass is 10.2. The molecule has 2 aromatic heterocycles. The molecule has 0 aliphatic heterocycles. The summed E-state index contributed by atoms with van der Waals surface area (Å²) < 4.78 is 31.9. The molecule has 10 nitrogen and oxygen atoms in total. The number of nitrogens with zero attached hydrogens (tertiary/aromatic N) is 1. The van der Waals surface area contributed by atoms with Crippen LogP contribution in [0.1, 0.15) is 66.7 Å². The lowest BCUT2D eigenvalue weighted by molar-refractivity contribution is -0.145. The SMILES string of the molecule is CCCSc1sc(N)nc1-c1ccc(P(=O)(N[C@@H](CCC)C(=O)OCC)N[C@@H](CCC)C(=O)OCC)o1. The fourth-order valence-corrected chi connectivity index (χ4v) is 7.70. The molecule has 0 amide bonds. The number of carbonyl (C=O) groups excluding carboxylic acids is 2. The Morgan fingerprint density at radius 2 is 1.59 bits per heavy atom. The maximum atomic E-state index is 14.5. The molecule has 0 saturated heterocycles. The van der Waals surface area contributed by atoms with Gasteiger partial charge in [0.25, 0.3) is 7.44 Å². The van der Waals surface area contributed by atoms with Crippen LogP contribution in [0.25, 0.3) is 11.5 Å². The number of nitrogen functional groups attached to an aromatic ring is 1. The second-order valence-corrected chi connectivity index (χ2v) is 12.8. The molecular weight excluding hydrogens is 535 g/mol. The number of nitrogens with one attached hydrogen (secondary N) is 2. The molecule has 13 heteroatoms. The first-order valence-electron chi connectivity index (χ1n) is 12.7. The van der Waals surface area contributed by atoms with Gasteiger partial charge in [0, 0.05) is 0 Å². The molecule has 0 aliphatic rings. The highest BCUT2D eigenvalue weighted by atomic mass is 32.2. The standard InChI is InChI=1S/C24H39N4O6PS2/c1-6-11-16(21(29)32-9-4)27-35(31,28-17(12-7-2)22(30)33-10-5)19-14-13-18(34-19)20-23(36-15-8-3)37-24(25)26-20/h13-14,16-17H,6-12,15H2,1-5H3,(H2,25,26)(H2,27,28,31)/t16-,17-/m0/s1. The van der Waals surface area contributed by atoms with Gasteiger partial charge in [-0.05, 0) is 51.0 Å². The van der Waals surface area contributed by atoms with E-state index in [1.54, 1.807) is 37.7 Å². The van der Waals surface area contributed by atoms with Crippen molar-refractivity contribution in [1.82, 2.24) is 15.2 Å². The summed E-state index contributed by atoms with van der Waals surface area (Å²) in [5, 5.41) is 6.32. The van der Waals surface area contributed by atoms with Crippen LogP contribution in [0.4, 0.5) is 5.13 Å². The van der Waals surface area contributed by atoms with Crippen LogP contribution in [0.15, 0.2) is 20.8 Å². The Morgan fingerprint density at radius 1 is 1.03 bits per heavy atom. The number of ether oxygens (including phenoxy) is 2. The molecule has 2 rings (SSSR count). The van der Waals surface area contributed by atoms with Gasteiger partial charge < -0.3 is 19.6 Å². The number of thiazole rings is 1. The Morgan fingerprint density at radius 3 is 2.08 bits per heavy atom. The highest BCUT2D eigenvalue weighted by molar-refractivity contribution is 8.01. The summed E-state index contributed by atoms with van der Waals surface area (Å²) in [4.78, 5) is 29.8. The van der Waals surface area contributed by atoms with Crippen molar-refractivity contribution in [3.8, 4) is 11.5 Å². The molecule has 0 aliphatic carbocycles. The van der Waals surface area contributed by atoms with Gasteiger partial charge in [0.2, 0.25) is 0 Å². The van der Waals surface area contributed by atoms with E-state index in [-0.39, 0.29) is 18.7 Å². The number of carbonyl (C=O) groups is 2. The third-order valence-corrected chi connectivity index (χ3v) is 9.72. The van der Waals surface area contributed by atoms with E-state index in [9.17, 15) is 14.2 Å².